The summed E-state index contributed by atoms with van der Waals surface area (Å²) in [4.78, 5) is 20.0. The molecule has 5 aromatic rings. The number of rotatable bonds is 4. The molecule has 0 radical (unpaired) electrons. The molecule has 4 nitrogen and oxygen atoms in total. The molecule has 0 saturated heterocycles. The van der Waals surface area contributed by atoms with Gasteiger partial charge in [0.1, 0.15) is 11.9 Å². The number of carbonyl (C=O) groups is 1. The molecule has 0 fully saturated rings. The van der Waals surface area contributed by atoms with Crippen LogP contribution in [-0.2, 0) is 0 Å². The van der Waals surface area contributed by atoms with Crippen LogP contribution >= 0.6 is 0 Å². The van der Waals surface area contributed by atoms with E-state index in [1.54, 1.807) is 0 Å². The molecule has 2 aromatic carbocycles. The van der Waals surface area contributed by atoms with Crippen molar-refractivity contribution in [2.45, 2.75) is 0 Å². The number of fused-ring (bicyclic) bond motifs is 1. The van der Waals surface area contributed by atoms with Crippen LogP contribution in [-0.4, -0.2) is 20.7 Å². The number of aldehydes is 1. The summed E-state index contributed by atoms with van der Waals surface area (Å²) in [5.41, 5.74) is 7.76. The van der Waals surface area contributed by atoms with E-state index >= 15 is 0 Å². The smallest absolute Gasteiger partial charge is 0.150 e. The summed E-state index contributed by atoms with van der Waals surface area (Å²) in [6.07, 6.45) is 6.61. The summed E-state index contributed by atoms with van der Waals surface area (Å²) in [5, 5.41) is 0. The Hall–Kier alpha value is -4.05. The third kappa shape index (κ3) is 3.21. The molecule has 3 heterocycles. The number of nitrogens with zero attached hydrogens (tertiary/aromatic N) is 3. The third-order valence-electron chi connectivity index (χ3n) is 5.02. The van der Waals surface area contributed by atoms with Crippen molar-refractivity contribution in [2.24, 2.45) is 0 Å². The zero-order valence-corrected chi connectivity index (χ0v) is 15.6. The number of aromatic nitrogens is 3. The van der Waals surface area contributed by atoms with Crippen LogP contribution < -0.4 is 0 Å². The topological polar surface area (TPSA) is 47.3 Å². The maximum Gasteiger partial charge on any atom is 0.150 e. The van der Waals surface area contributed by atoms with Gasteiger partial charge in [-0.05, 0) is 35.4 Å². The second-order valence-electron chi connectivity index (χ2n) is 6.82. The van der Waals surface area contributed by atoms with Gasteiger partial charge in [0, 0.05) is 29.1 Å². The molecular formula is C25H17N3O. The lowest BCUT2D eigenvalue weighted by molar-refractivity contribution is 0.112. The largest absolute Gasteiger partial charge is 0.300 e. The van der Waals surface area contributed by atoms with E-state index < -0.39 is 0 Å². The normalized spacial score (nSPS) is 10.9. The zero-order valence-electron chi connectivity index (χ0n) is 15.6. The first-order valence-corrected chi connectivity index (χ1v) is 9.36. The fourth-order valence-corrected chi connectivity index (χ4v) is 3.48. The maximum absolute atomic E-state index is 10.9. The molecule has 0 amide bonds. The van der Waals surface area contributed by atoms with Gasteiger partial charge >= 0.3 is 0 Å². The molecule has 0 atom stereocenters. The fraction of sp³-hybridized carbons (Fsp3) is 0. The Kier molecular flexibility index (Phi) is 4.22. The minimum Gasteiger partial charge on any atom is -0.300 e. The maximum atomic E-state index is 10.9. The minimum atomic E-state index is 0.671. The molecule has 0 N–H and O–H groups in total. The monoisotopic (exact) mass is 375 g/mol. The van der Waals surface area contributed by atoms with Gasteiger partial charge in [-0.1, -0.05) is 54.6 Å². The van der Waals surface area contributed by atoms with E-state index in [2.05, 4.69) is 44.7 Å². The molecule has 0 aliphatic carbocycles. The summed E-state index contributed by atoms with van der Waals surface area (Å²) in [6, 6.07) is 25.9. The van der Waals surface area contributed by atoms with Crippen molar-refractivity contribution in [1.82, 2.24) is 14.4 Å². The molecule has 138 valence electrons. The Bertz CT molecular complexity index is 1310. The molecule has 5 rings (SSSR count). The Labute approximate surface area is 168 Å². The minimum absolute atomic E-state index is 0.671. The van der Waals surface area contributed by atoms with Crippen molar-refractivity contribution in [3.63, 3.8) is 0 Å². The second kappa shape index (κ2) is 7.17. The second-order valence-corrected chi connectivity index (χ2v) is 6.82. The number of pyridine rings is 2. The molecule has 3 aromatic heterocycles. The Morgan fingerprint density at radius 1 is 0.724 bits per heavy atom. The van der Waals surface area contributed by atoms with Gasteiger partial charge in [0.25, 0.3) is 0 Å². The van der Waals surface area contributed by atoms with Crippen molar-refractivity contribution < 1.29 is 4.79 Å². The van der Waals surface area contributed by atoms with Crippen molar-refractivity contribution >= 4 is 11.9 Å². The van der Waals surface area contributed by atoms with Crippen molar-refractivity contribution in [1.29, 1.82) is 0 Å². The van der Waals surface area contributed by atoms with Crippen molar-refractivity contribution in [3.8, 4) is 33.6 Å². The first-order valence-electron chi connectivity index (χ1n) is 9.36. The van der Waals surface area contributed by atoms with E-state index in [0.717, 1.165) is 45.6 Å². The van der Waals surface area contributed by atoms with E-state index in [1.165, 1.54) is 0 Å². The van der Waals surface area contributed by atoms with Crippen LogP contribution in [0.15, 0.2) is 97.5 Å². The van der Waals surface area contributed by atoms with Gasteiger partial charge in [0.2, 0.25) is 0 Å². The molecular weight excluding hydrogens is 358 g/mol. The van der Waals surface area contributed by atoms with Crippen LogP contribution in [0, 0.1) is 0 Å². The Morgan fingerprint density at radius 3 is 2.34 bits per heavy atom. The standard InChI is InChI=1S/C25H17N3O/c29-17-18-6-8-19(9-7-18)21-11-13-28-24(16-27-25(28)15-21)22-10-12-26-23(14-22)20-4-2-1-3-5-20/h1-17H. The number of benzene rings is 2. The Balaban J connectivity index is 1.54. The average molecular weight is 375 g/mol. The van der Waals surface area contributed by atoms with E-state index in [1.807, 2.05) is 67.1 Å². The summed E-state index contributed by atoms with van der Waals surface area (Å²) in [6.45, 7) is 0. The van der Waals surface area contributed by atoms with E-state index in [9.17, 15) is 4.79 Å². The van der Waals surface area contributed by atoms with E-state index in [-0.39, 0.29) is 0 Å². The summed E-state index contributed by atoms with van der Waals surface area (Å²) >= 11 is 0. The first kappa shape index (κ1) is 17.1. The zero-order chi connectivity index (χ0) is 19.6. The van der Waals surface area contributed by atoms with Crippen LogP contribution in [0.4, 0.5) is 0 Å². The van der Waals surface area contributed by atoms with Crippen LogP contribution in [0.1, 0.15) is 10.4 Å². The number of hydrogen-bond acceptors (Lipinski definition) is 3. The van der Waals surface area contributed by atoms with Crippen LogP contribution in [0.3, 0.4) is 0 Å². The Morgan fingerprint density at radius 2 is 1.55 bits per heavy atom. The van der Waals surface area contributed by atoms with Crippen molar-refractivity contribution in [2.75, 3.05) is 0 Å². The fourth-order valence-electron chi connectivity index (χ4n) is 3.48. The molecule has 4 heteroatoms. The predicted octanol–water partition coefficient (Wildman–Crippen LogP) is 5.54. The van der Waals surface area contributed by atoms with Gasteiger partial charge in [-0.3, -0.25) is 14.2 Å². The number of imidazole rings is 1. The predicted molar refractivity (Wildman–Crippen MR) is 115 cm³/mol. The number of hydrogen-bond donors (Lipinski definition) is 0. The summed E-state index contributed by atoms with van der Waals surface area (Å²) < 4.78 is 2.08. The molecule has 0 aliphatic heterocycles. The lowest BCUT2D eigenvalue weighted by Crippen LogP contribution is -1.91. The lowest BCUT2D eigenvalue weighted by atomic mass is 10.1. The SMILES string of the molecule is O=Cc1ccc(-c2ccn3c(-c4ccnc(-c5ccccc5)c4)cnc3c2)cc1. The lowest BCUT2D eigenvalue weighted by Gasteiger charge is -2.07. The highest BCUT2D eigenvalue weighted by Crippen LogP contribution is 2.27. The molecule has 0 unspecified atom stereocenters. The van der Waals surface area contributed by atoms with Gasteiger partial charge in [-0.25, -0.2) is 4.98 Å². The van der Waals surface area contributed by atoms with E-state index in [0.29, 0.717) is 5.56 Å². The van der Waals surface area contributed by atoms with Crippen LogP contribution in [0.5, 0.6) is 0 Å². The molecule has 0 spiro atoms. The summed E-state index contributed by atoms with van der Waals surface area (Å²) in [7, 11) is 0. The average Bonchev–Trinajstić information content (AvgIpc) is 3.23. The third-order valence-corrected chi connectivity index (χ3v) is 5.02. The highest BCUT2D eigenvalue weighted by atomic mass is 16.1. The van der Waals surface area contributed by atoms with Crippen LogP contribution in [0.2, 0.25) is 0 Å². The van der Waals surface area contributed by atoms with Crippen molar-refractivity contribution in [3.05, 3.63) is 103 Å². The van der Waals surface area contributed by atoms with Gasteiger partial charge in [-0.15, -0.1) is 0 Å². The van der Waals surface area contributed by atoms with Gasteiger partial charge < -0.3 is 0 Å². The first-order chi connectivity index (χ1) is 14.3. The molecule has 0 aliphatic rings. The van der Waals surface area contributed by atoms with E-state index in [4.69, 9.17) is 0 Å². The number of carbonyl (C=O) groups excluding carboxylic acids is 1. The molecule has 0 saturated carbocycles. The molecule has 29 heavy (non-hydrogen) atoms. The van der Waals surface area contributed by atoms with Gasteiger partial charge in [0.15, 0.2) is 0 Å². The summed E-state index contributed by atoms with van der Waals surface area (Å²) in [5.74, 6) is 0. The van der Waals surface area contributed by atoms with Gasteiger partial charge in [0.05, 0.1) is 17.6 Å². The molecule has 0 bridgehead atoms. The highest BCUT2D eigenvalue weighted by molar-refractivity contribution is 5.78. The quantitative estimate of drug-likeness (QED) is 0.387. The van der Waals surface area contributed by atoms with Gasteiger partial charge in [-0.2, -0.15) is 0 Å². The highest BCUT2D eigenvalue weighted by Gasteiger charge is 2.09. The van der Waals surface area contributed by atoms with Crippen LogP contribution in [0.25, 0.3) is 39.3 Å².